The van der Waals surface area contributed by atoms with Crippen LogP contribution in [0.15, 0.2) is 84.9 Å². The van der Waals surface area contributed by atoms with Crippen LogP contribution in [-0.2, 0) is 0 Å². The summed E-state index contributed by atoms with van der Waals surface area (Å²) in [5, 5.41) is 9.74. The molecule has 0 saturated carbocycles. The predicted octanol–water partition coefficient (Wildman–Crippen LogP) is 5.41. The Morgan fingerprint density at radius 3 is 1.43 bits per heavy atom. The molecule has 0 bridgehead atoms. The van der Waals surface area contributed by atoms with Crippen molar-refractivity contribution in [3.8, 4) is 0 Å². The quantitative estimate of drug-likeness (QED) is 0.422. The Bertz CT molecular complexity index is 991. The average molecular weight is 368 g/mol. The number of rotatable bonds is 6. The maximum Gasteiger partial charge on any atom is 0.233 e. The number of benzene rings is 3. The van der Waals surface area contributed by atoms with Crippen LogP contribution in [0.1, 0.15) is 5.56 Å². The summed E-state index contributed by atoms with van der Waals surface area (Å²) in [5.41, 5.74) is 3.87. The minimum absolute atomic E-state index is 0.454. The first kappa shape index (κ1) is 17.5. The fraction of sp³-hybridized carbons (Fsp3) is 0.0455. The number of nitrogens with zero attached hydrogens (tertiary/aromatic N) is 3. The highest BCUT2D eigenvalue weighted by molar-refractivity contribution is 5.63. The Hall–Kier alpha value is -3.93. The molecule has 4 aromatic rings. The van der Waals surface area contributed by atoms with E-state index in [1.165, 1.54) is 0 Å². The Morgan fingerprint density at radius 2 is 0.929 bits per heavy atom. The van der Waals surface area contributed by atoms with E-state index in [1.54, 1.807) is 0 Å². The average Bonchev–Trinajstić information content (AvgIpc) is 2.71. The van der Waals surface area contributed by atoms with Crippen LogP contribution < -0.4 is 16.0 Å². The monoisotopic (exact) mass is 368 g/mol. The van der Waals surface area contributed by atoms with E-state index in [-0.39, 0.29) is 0 Å². The van der Waals surface area contributed by atoms with E-state index in [0.717, 1.165) is 22.6 Å². The van der Waals surface area contributed by atoms with Crippen molar-refractivity contribution < 1.29 is 0 Å². The number of anilines is 6. The lowest BCUT2D eigenvalue weighted by atomic mass is 10.2. The van der Waals surface area contributed by atoms with E-state index in [2.05, 4.69) is 30.9 Å². The van der Waals surface area contributed by atoms with Crippen molar-refractivity contribution in [2.45, 2.75) is 6.92 Å². The molecule has 0 amide bonds. The third-order valence-electron chi connectivity index (χ3n) is 4.09. The molecule has 4 rings (SSSR count). The molecule has 3 N–H and O–H groups in total. The summed E-state index contributed by atoms with van der Waals surface area (Å²) in [6.07, 6.45) is 0. The number of nitrogens with one attached hydrogen (secondary N) is 3. The fourth-order valence-corrected chi connectivity index (χ4v) is 2.68. The van der Waals surface area contributed by atoms with Crippen molar-refractivity contribution in [2.75, 3.05) is 16.0 Å². The molecule has 6 heteroatoms. The van der Waals surface area contributed by atoms with Crippen molar-refractivity contribution in [3.05, 3.63) is 90.5 Å². The number of hydrogen-bond donors (Lipinski definition) is 3. The molecule has 0 aliphatic heterocycles. The molecule has 0 aliphatic rings. The summed E-state index contributed by atoms with van der Waals surface area (Å²) in [4.78, 5) is 13.5. The summed E-state index contributed by atoms with van der Waals surface area (Å²) in [5.74, 6) is 1.37. The van der Waals surface area contributed by atoms with Gasteiger partial charge in [-0.1, -0.05) is 54.6 Å². The summed E-state index contributed by atoms with van der Waals surface area (Å²) in [7, 11) is 0. The Labute approximate surface area is 163 Å². The van der Waals surface area contributed by atoms with Crippen molar-refractivity contribution in [2.24, 2.45) is 0 Å². The van der Waals surface area contributed by atoms with Crippen LogP contribution in [0.4, 0.5) is 34.9 Å². The molecular formula is C22H20N6. The van der Waals surface area contributed by atoms with Gasteiger partial charge < -0.3 is 16.0 Å². The van der Waals surface area contributed by atoms with Crippen molar-refractivity contribution in [1.29, 1.82) is 0 Å². The van der Waals surface area contributed by atoms with E-state index in [9.17, 15) is 0 Å². The van der Waals surface area contributed by atoms with Gasteiger partial charge in [0.1, 0.15) is 0 Å². The van der Waals surface area contributed by atoms with Gasteiger partial charge >= 0.3 is 0 Å². The molecule has 0 atom stereocenters. The smallest absolute Gasteiger partial charge is 0.233 e. The van der Waals surface area contributed by atoms with Gasteiger partial charge in [0.15, 0.2) is 0 Å². The molecule has 0 unspecified atom stereocenters. The van der Waals surface area contributed by atoms with Gasteiger partial charge in [-0.2, -0.15) is 15.0 Å². The number of aromatic nitrogens is 3. The SMILES string of the molecule is Cc1ccccc1Nc1nc(Nc2ccccc2)nc(Nc2ccccc2)n1. The Balaban J connectivity index is 1.66. The molecule has 0 fully saturated rings. The number of para-hydroxylation sites is 3. The first-order chi connectivity index (χ1) is 13.8. The highest BCUT2D eigenvalue weighted by Gasteiger charge is 2.09. The first-order valence-electron chi connectivity index (χ1n) is 8.99. The van der Waals surface area contributed by atoms with Crippen LogP contribution in [0.3, 0.4) is 0 Å². The van der Waals surface area contributed by atoms with Crippen LogP contribution in [0, 0.1) is 6.92 Å². The van der Waals surface area contributed by atoms with Crippen LogP contribution in [-0.4, -0.2) is 15.0 Å². The normalized spacial score (nSPS) is 10.3. The zero-order valence-electron chi connectivity index (χ0n) is 15.4. The maximum absolute atomic E-state index is 4.52. The van der Waals surface area contributed by atoms with Crippen molar-refractivity contribution in [1.82, 2.24) is 15.0 Å². The van der Waals surface area contributed by atoms with Gasteiger partial charge in [0.05, 0.1) is 0 Å². The van der Waals surface area contributed by atoms with Crippen molar-refractivity contribution in [3.63, 3.8) is 0 Å². The third-order valence-corrected chi connectivity index (χ3v) is 4.09. The molecule has 6 nitrogen and oxygen atoms in total. The van der Waals surface area contributed by atoms with Crippen LogP contribution >= 0.6 is 0 Å². The van der Waals surface area contributed by atoms with E-state index in [4.69, 9.17) is 0 Å². The van der Waals surface area contributed by atoms with E-state index >= 15 is 0 Å². The number of aryl methyl sites for hydroxylation is 1. The van der Waals surface area contributed by atoms with Gasteiger partial charge in [0.2, 0.25) is 17.8 Å². The lowest BCUT2D eigenvalue weighted by Crippen LogP contribution is -2.07. The second-order valence-electron chi connectivity index (χ2n) is 6.23. The topological polar surface area (TPSA) is 74.8 Å². The standard InChI is InChI=1S/C22H20N6/c1-16-10-8-9-15-19(16)25-22-27-20(23-17-11-4-2-5-12-17)26-21(28-22)24-18-13-6-3-7-14-18/h2-15H,1H3,(H3,23,24,25,26,27,28). The van der Waals surface area contributed by atoms with E-state index in [1.807, 2.05) is 91.9 Å². The first-order valence-corrected chi connectivity index (χ1v) is 8.99. The molecule has 0 spiro atoms. The van der Waals surface area contributed by atoms with Gasteiger partial charge in [-0.3, -0.25) is 0 Å². The van der Waals surface area contributed by atoms with E-state index < -0.39 is 0 Å². The zero-order chi connectivity index (χ0) is 19.2. The molecule has 3 aromatic carbocycles. The summed E-state index contributed by atoms with van der Waals surface area (Å²) in [6.45, 7) is 2.04. The van der Waals surface area contributed by atoms with Gasteiger partial charge in [-0.25, -0.2) is 0 Å². The second-order valence-corrected chi connectivity index (χ2v) is 6.23. The third kappa shape index (κ3) is 4.42. The largest absolute Gasteiger partial charge is 0.324 e. The lowest BCUT2D eigenvalue weighted by molar-refractivity contribution is 1.06. The maximum atomic E-state index is 4.52. The molecule has 28 heavy (non-hydrogen) atoms. The highest BCUT2D eigenvalue weighted by atomic mass is 15.3. The minimum Gasteiger partial charge on any atom is -0.324 e. The zero-order valence-corrected chi connectivity index (χ0v) is 15.4. The molecule has 0 radical (unpaired) electrons. The molecule has 0 saturated heterocycles. The fourth-order valence-electron chi connectivity index (χ4n) is 2.68. The van der Waals surface area contributed by atoms with Gasteiger partial charge in [0, 0.05) is 17.1 Å². The molecule has 138 valence electrons. The second kappa shape index (κ2) is 8.18. The Kier molecular flexibility index (Phi) is 5.11. The van der Waals surface area contributed by atoms with Crippen molar-refractivity contribution >= 4 is 34.9 Å². The molecular weight excluding hydrogens is 348 g/mol. The van der Waals surface area contributed by atoms with Crippen LogP contribution in [0.25, 0.3) is 0 Å². The van der Waals surface area contributed by atoms with Gasteiger partial charge in [-0.05, 0) is 42.8 Å². The predicted molar refractivity (Wildman–Crippen MR) is 114 cm³/mol. The minimum atomic E-state index is 0.454. The Morgan fingerprint density at radius 1 is 0.500 bits per heavy atom. The molecule has 1 heterocycles. The molecule has 0 aliphatic carbocycles. The highest BCUT2D eigenvalue weighted by Crippen LogP contribution is 2.22. The molecule has 1 aromatic heterocycles. The van der Waals surface area contributed by atoms with Crippen LogP contribution in [0.5, 0.6) is 0 Å². The summed E-state index contributed by atoms with van der Waals surface area (Å²) in [6, 6.07) is 27.6. The van der Waals surface area contributed by atoms with Gasteiger partial charge in [-0.15, -0.1) is 0 Å². The van der Waals surface area contributed by atoms with Crippen LogP contribution in [0.2, 0.25) is 0 Å². The van der Waals surface area contributed by atoms with E-state index in [0.29, 0.717) is 17.8 Å². The lowest BCUT2D eigenvalue weighted by Gasteiger charge is -2.12. The number of hydrogen-bond acceptors (Lipinski definition) is 6. The summed E-state index contributed by atoms with van der Waals surface area (Å²) < 4.78 is 0. The summed E-state index contributed by atoms with van der Waals surface area (Å²) >= 11 is 0. The van der Waals surface area contributed by atoms with Gasteiger partial charge in [0.25, 0.3) is 0 Å².